The van der Waals surface area contributed by atoms with Crippen LogP contribution in [-0.2, 0) is 6.54 Å². The minimum absolute atomic E-state index is 0.214. The molecule has 2 N–H and O–H groups in total. The molecule has 0 amide bonds. The van der Waals surface area contributed by atoms with Gasteiger partial charge < -0.3 is 10.6 Å². The maximum Gasteiger partial charge on any atom is 0.229 e. The van der Waals surface area contributed by atoms with Crippen molar-refractivity contribution in [3.63, 3.8) is 0 Å². The van der Waals surface area contributed by atoms with Crippen molar-refractivity contribution in [1.82, 2.24) is 39.4 Å². The molecule has 11 heteroatoms. The molecule has 1 saturated heterocycles. The van der Waals surface area contributed by atoms with Crippen LogP contribution in [0.1, 0.15) is 12.5 Å². The third kappa shape index (κ3) is 5.38. The average molecular weight is 589 g/mol. The summed E-state index contributed by atoms with van der Waals surface area (Å²) >= 11 is 6.00. The topological polar surface area (TPSA) is 115 Å². The predicted octanol–water partition coefficient (Wildman–Crippen LogP) is 5.28. The Morgan fingerprint density at radius 3 is 2.47 bits per heavy atom. The normalized spacial score (nSPS) is 15.7. The molecule has 0 unspecified atom stereocenters. The summed E-state index contributed by atoms with van der Waals surface area (Å²) in [5, 5.41) is 0.214. The van der Waals surface area contributed by atoms with Gasteiger partial charge in [-0.05, 0) is 60.5 Å². The quantitative estimate of drug-likeness (QED) is 0.277. The van der Waals surface area contributed by atoms with Crippen molar-refractivity contribution in [3.8, 4) is 28.3 Å². The SMILES string of the molecule is C[C@H]1CN(Cc2ccc(-n3c(-c4cccnc4N)nc4ccc(-c5ccccc5)nc43)cc2)CCN1c1ncnc(Cl)n1. The highest BCUT2D eigenvalue weighted by Crippen LogP contribution is 2.32. The van der Waals surface area contributed by atoms with Gasteiger partial charge in [-0.25, -0.2) is 24.9 Å². The lowest BCUT2D eigenvalue weighted by molar-refractivity contribution is 0.219. The van der Waals surface area contributed by atoms with Crippen LogP contribution in [0.2, 0.25) is 5.28 Å². The first-order valence-corrected chi connectivity index (χ1v) is 14.5. The molecule has 43 heavy (non-hydrogen) atoms. The lowest BCUT2D eigenvalue weighted by Gasteiger charge is -2.39. The van der Waals surface area contributed by atoms with E-state index in [1.165, 1.54) is 11.9 Å². The molecule has 1 atom stereocenters. The highest BCUT2D eigenvalue weighted by molar-refractivity contribution is 6.28. The second-order valence-electron chi connectivity index (χ2n) is 10.6. The molecule has 0 spiro atoms. The Labute approximate surface area is 253 Å². The summed E-state index contributed by atoms with van der Waals surface area (Å²) in [6, 6.07) is 26.8. The number of halogens is 1. The van der Waals surface area contributed by atoms with E-state index >= 15 is 0 Å². The van der Waals surface area contributed by atoms with Crippen molar-refractivity contribution in [2.45, 2.75) is 19.5 Å². The largest absolute Gasteiger partial charge is 0.383 e. The van der Waals surface area contributed by atoms with E-state index in [2.05, 4.69) is 77.6 Å². The molecule has 7 rings (SSSR count). The predicted molar refractivity (Wildman–Crippen MR) is 169 cm³/mol. The number of imidazole rings is 1. The average Bonchev–Trinajstić information content (AvgIpc) is 3.41. The number of benzene rings is 2. The van der Waals surface area contributed by atoms with Crippen LogP contribution >= 0.6 is 11.6 Å². The van der Waals surface area contributed by atoms with Crippen molar-refractivity contribution in [3.05, 3.63) is 102 Å². The van der Waals surface area contributed by atoms with Gasteiger partial charge in [-0.3, -0.25) is 9.47 Å². The van der Waals surface area contributed by atoms with Gasteiger partial charge in [-0.2, -0.15) is 4.98 Å². The van der Waals surface area contributed by atoms with Gasteiger partial charge in [-0.1, -0.05) is 42.5 Å². The van der Waals surface area contributed by atoms with E-state index in [1.54, 1.807) is 6.20 Å². The zero-order valence-corrected chi connectivity index (χ0v) is 24.3. The summed E-state index contributed by atoms with van der Waals surface area (Å²) < 4.78 is 2.07. The number of piperazine rings is 1. The first-order valence-electron chi connectivity index (χ1n) is 14.1. The van der Waals surface area contributed by atoms with E-state index in [1.807, 2.05) is 42.5 Å². The molecule has 10 nitrogen and oxygen atoms in total. The third-order valence-electron chi connectivity index (χ3n) is 7.75. The van der Waals surface area contributed by atoms with E-state index in [9.17, 15) is 0 Å². The summed E-state index contributed by atoms with van der Waals surface area (Å²) in [5.74, 6) is 1.75. The molecule has 0 radical (unpaired) electrons. The highest BCUT2D eigenvalue weighted by Gasteiger charge is 2.26. The summed E-state index contributed by atoms with van der Waals surface area (Å²) in [7, 11) is 0. The number of hydrogen-bond donors (Lipinski definition) is 1. The zero-order valence-electron chi connectivity index (χ0n) is 23.5. The van der Waals surface area contributed by atoms with Crippen LogP contribution in [0.25, 0.3) is 39.5 Å². The van der Waals surface area contributed by atoms with Crippen molar-refractivity contribution in [2.24, 2.45) is 0 Å². The maximum absolute atomic E-state index is 6.32. The molecular weight excluding hydrogens is 560 g/mol. The maximum atomic E-state index is 6.32. The zero-order chi connectivity index (χ0) is 29.3. The van der Waals surface area contributed by atoms with Crippen LogP contribution in [0.5, 0.6) is 0 Å². The lowest BCUT2D eigenvalue weighted by atomic mass is 10.1. The van der Waals surface area contributed by atoms with Gasteiger partial charge >= 0.3 is 0 Å². The molecule has 2 aromatic carbocycles. The fourth-order valence-electron chi connectivity index (χ4n) is 5.65. The first-order chi connectivity index (χ1) is 21.0. The van der Waals surface area contributed by atoms with Crippen LogP contribution in [0.4, 0.5) is 11.8 Å². The number of hydrogen-bond acceptors (Lipinski definition) is 9. The smallest absolute Gasteiger partial charge is 0.229 e. The fraction of sp³-hybridized carbons (Fsp3) is 0.188. The van der Waals surface area contributed by atoms with Gasteiger partial charge in [0, 0.05) is 49.7 Å². The number of rotatable bonds is 6. The van der Waals surface area contributed by atoms with Gasteiger partial charge in [-0.15, -0.1) is 0 Å². The number of nitrogen functional groups attached to an aromatic ring is 1. The lowest BCUT2D eigenvalue weighted by Crippen LogP contribution is -2.52. The Morgan fingerprint density at radius 1 is 0.860 bits per heavy atom. The van der Waals surface area contributed by atoms with E-state index in [0.29, 0.717) is 17.6 Å². The van der Waals surface area contributed by atoms with Crippen LogP contribution in [0.3, 0.4) is 0 Å². The molecule has 214 valence electrons. The third-order valence-corrected chi connectivity index (χ3v) is 7.93. The van der Waals surface area contributed by atoms with Gasteiger partial charge in [0.05, 0.1) is 11.3 Å². The van der Waals surface area contributed by atoms with Crippen LogP contribution < -0.4 is 10.6 Å². The van der Waals surface area contributed by atoms with Gasteiger partial charge in [0.1, 0.15) is 17.7 Å². The molecule has 1 aliphatic heterocycles. The number of nitrogens with two attached hydrogens (primary N) is 1. The Morgan fingerprint density at radius 2 is 1.70 bits per heavy atom. The Hall–Kier alpha value is -4.93. The molecule has 6 aromatic rings. The van der Waals surface area contributed by atoms with E-state index in [4.69, 9.17) is 27.3 Å². The van der Waals surface area contributed by atoms with E-state index in [-0.39, 0.29) is 11.3 Å². The summed E-state index contributed by atoms with van der Waals surface area (Å²) in [6.07, 6.45) is 3.15. The molecule has 5 heterocycles. The molecular formula is C32H29ClN10. The molecule has 0 bridgehead atoms. The fourth-order valence-corrected chi connectivity index (χ4v) is 5.77. The Bertz CT molecular complexity index is 1890. The number of fused-ring (bicyclic) bond motifs is 1. The Kier molecular flexibility index (Phi) is 7.14. The van der Waals surface area contributed by atoms with Crippen molar-refractivity contribution >= 4 is 34.5 Å². The minimum Gasteiger partial charge on any atom is -0.383 e. The molecule has 0 aliphatic carbocycles. The van der Waals surface area contributed by atoms with Crippen LogP contribution in [0, 0.1) is 0 Å². The van der Waals surface area contributed by atoms with Crippen molar-refractivity contribution < 1.29 is 0 Å². The number of nitrogens with zero attached hydrogens (tertiary/aromatic N) is 9. The summed E-state index contributed by atoms with van der Waals surface area (Å²) in [5.41, 5.74) is 12.7. The van der Waals surface area contributed by atoms with Gasteiger partial charge in [0.25, 0.3) is 0 Å². The summed E-state index contributed by atoms with van der Waals surface area (Å²) in [4.78, 5) is 31.5. The van der Waals surface area contributed by atoms with Gasteiger partial charge in [0.2, 0.25) is 11.2 Å². The van der Waals surface area contributed by atoms with E-state index < -0.39 is 0 Å². The number of aromatic nitrogens is 7. The number of pyridine rings is 2. The van der Waals surface area contributed by atoms with Gasteiger partial charge in [0.15, 0.2) is 11.5 Å². The Balaban J connectivity index is 1.19. The molecule has 1 aliphatic rings. The van der Waals surface area contributed by atoms with Crippen LogP contribution in [-0.4, -0.2) is 65.0 Å². The van der Waals surface area contributed by atoms with Crippen molar-refractivity contribution in [2.75, 3.05) is 30.3 Å². The molecule has 0 saturated carbocycles. The second kappa shape index (κ2) is 11.4. The minimum atomic E-state index is 0.214. The highest BCUT2D eigenvalue weighted by atomic mass is 35.5. The monoisotopic (exact) mass is 588 g/mol. The number of anilines is 2. The van der Waals surface area contributed by atoms with Crippen molar-refractivity contribution in [1.29, 1.82) is 0 Å². The summed E-state index contributed by atoms with van der Waals surface area (Å²) in [6.45, 7) is 5.59. The standard InChI is InChI=1S/C32H29ClN10/c1-21-18-41(16-17-42(21)32-37-20-36-31(33)40-32)19-22-9-11-24(12-10-22)43-29(25-8-5-15-35-28(25)34)39-27-14-13-26(38-30(27)43)23-6-3-2-4-7-23/h2-15,20-21H,16-19H2,1H3,(H2,34,35)/t21-/m0/s1. The van der Waals surface area contributed by atoms with E-state index in [0.717, 1.165) is 59.9 Å². The molecule has 4 aromatic heterocycles. The molecule has 1 fully saturated rings. The first kappa shape index (κ1) is 26.9. The van der Waals surface area contributed by atoms with Crippen LogP contribution in [0.15, 0.2) is 91.4 Å². The second-order valence-corrected chi connectivity index (χ2v) is 10.9.